The smallest absolute Gasteiger partial charge is 0.119 e. The van der Waals surface area contributed by atoms with Crippen molar-refractivity contribution in [1.82, 2.24) is 10.3 Å². The van der Waals surface area contributed by atoms with Gasteiger partial charge in [-0.15, -0.1) is 0 Å². The predicted octanol–water partition coefficient (Wildman–Crippen LogP) is 4.26. The lowest BCUT2D eigenvalue weighted by Gasteiger charge is -2.10. The maximum absolute atomic E-state index is 5.87. The van der Waals surface area contributed by atoms with Gasteiger partial charge in [-0.3, -0.25) is 4.98 Å². The molecule has 3 heteroatoms. The van der Waals surface area contributed by atoms with E-state index in [9.17, 15) is 0 Å². The molecule has 0 aliphatic carbocycles. The Bertz CT molecular complexity index is 754. The lowest BCUT2D eigenvalue weighted by atomic mass is 10.1. The van der Waals surface area contributed by atoms with Crippen molar-refractivity contribution in [1.29, 1.82) is 0 Å². The zero-order valence-corrected chi connectivity index (χ0v) is 13.9. The van der Waals surface area contributed by atoms with E-state index in [0.29, 0.717) is 6.61 Å². The SMILES string of the molecule is Cc1ccccc1COc1ccc(CNCc2cccnc2)cc1. The van der Waals surface area contributed by atoms with Crippen molar-refractivity contribution in [2.75, 3.05) is 0 Å². The summed E-state index contributed by atoms with van der Waals surface area (Å²) < 4.78 is 5.87. The molecule has 0 atom stereocenters. The third kappa shape index (κ3) is 4.67. The van der Waals surface area contributed by atoms with Crippen LogP contribution in [0.5, 0.6) is 5.75 Å². The first-order valence-corrected chi connectivity index (χ1v) is 8.17. The van der Waals surface area contributed by atoms with E-state index in [1.165, 1.54) is 22.3 Å². The van der Waals surface area contributed by atoms with Crippen molar-refractivity contribution in [3.63, 3.8) is 0 Å². The lowest BCUT2D eigenvalue weighted by Crippen LogP contribution is -2.12. The van der Waals surface area contributed by atoms with E-state index >= 15 is 0 Å². The fourth-order valence-electron chi connectivity index (χ4n) is 2.49. The van der Waals surface area contributed by atoms with Gasteiger partial charge in [-0.2, -0.15) is 0 Å². The van der Waals surface area contributed by atoms with Crippen molar-refractivity contribution >= 4 is 0 Å². The van der Waals surface area contributed by atoms with Crippen LogP contribution in [0.3, 0.4) is 0 Å². The minimum atomic E-state index is 0.602. The summed E-state index contributed by atoms with van der Waals surface area (Å²) >= 11 is 0. The van der Waals surface area contributed by atoms with Gasteiger partial charge in [-0.1, -0.05) is 42.5 Å². The van der Waals surface area contributed by atoms with Crippen LogP contribution in [0.4, 0.5) is 0 Å². The van der Waals surface area contributed by atoms with Gasteiger partial charge in [0.15, 0.2) is 0 Å². The average molecular weight is 318 g/mol. The summed E-state index contributed by atoms with van der Waals surface area (Å²) in [7, 11) is 0. The summed E-state index contributed by atoms with van der Waals surface area (Å²) in [6.45, 7) is 4.35. The summed E-state index contributed by atoms with van der Waals surface area (Å²) in [4.78, 5) is 4.12. The van der Waals surface area contributed by atoms with Crippen molar-refractivity contribution in [2.45, 2.75) is 26.6 Å². The zero-order valence-electron chi connectivity index (χ0n) is 13.9. The molecule has 0 saturated heterocycles. The summed E-state index contributed by atoms with van der Waals surface area (Å²) in [6, 6.07) is 20.6. The van der Waals surface area contributed by atoms with Crippen LogP contribution in [-0.2, 0) is 19.7 Å². The first kappa shape index (κ1) is 16.2. The quantitative estimate of drug-likeness (QED) is 0.707. The Morgan fingerprint density at radius 3 is 2.42 bits per heavy atom. The molecule has 2 aromatic carbocycles. The molecule has 24 heavy (non-hydrogen) atoms. The van der Waals surface area contributed by atoms with E-state index in [1.54, 1.807) is 6.20 Å². The van der Waals surface area contributed by atoms with Crippen molar-refractivity contribution in [3.8, 4) is 5.75 Å². The highest BCUT2D eigenvalue weighted by atomic mass is 16.5. The van der Waals surface area contributed by atoms with Gasteiger partial charge in [-0.05, 0) is 47.4 Å². The molecule has 0 aliphatic heterocycles. The molecule has 3 aromatic rings. The number of hydrogen-bond acceptors (Lipinski definition) is 3. The minimum absolute atomic E-state index is 0.602. The second kappa shape index (κ2) is 8.27. The van der Waals surface area contributed by atoms with Gasteiger partial charge >= 0.3 is 0 Å². The Morgan fingerprint density at radius 2 is 1.67 bits per heavy atom. The molecule has 1 aromatic heterocycles. The number of pyridine rings is 1. The molecule has 0 unspecified atom stereocenters. The largest absolute Gasteiger partial charge is 0.489 e. The molecule has 3 rings (SSSR count). The maximum atomic E-state index is 5.87. The zero-order chi connectivity index (χ0) is 16.6. The molecule has 0 radical (unpaired) electrons. The maximum Gasteiger partial charge on any atom is 0.119 e. The van der Waals surface area contributed by atoms with Crippen molar-refractivity contribution < 1.29 is 4.74 Å². The van der Waals surface area contributed by atoms with Gasteiger partial charge in [0, 0.05) is 25.5 Å². The fourth-order valence-corrected chi connectivity index (χ4v) is 2.49. The molecular formula is C21H22N2O. The summed E-state index contributed by atoms with van der Waals surface area (Å²) in [5.74, 6) is 0.897. The number of benzene rings is 2. The molecule has 0 fully saturated rings. The lowest BCUT2D eigenvalue weighted by molar-refractivity contribution is 0.305. The summed E-state index contributed by atoms with van der Waals surface area (Å²) in [5.41, 5.74) is 4.91. The van der Waals surface area contributed by atoms with E-state index in [1.807, 2.05) is 36.5 Å². The van der Waals surface area contributed by atoms with Crippen molar-refractivity contribution in [3.05, 3.63) is 95.3 Å². The van der Waals surface area contributed by atoms with Crippen LogP contribution < -0.4 is 10.1 Å². The molecule has 1 heterocycles. The minimum Gasteiger partial charge on any atom is -0.489 e. The Hall–Kier alpha value is -2.65. The molecule has 3 nitrogen and oxygen atoms in total. The third-order valence-corrected chi connectivity index (χ3v) is 3.96. The van der Waals surface area contributed by atoms with Gasteiger partial charge in [-0.25, -0.2) is 0 Å². The van der Waals surface area contributed by atoms with Gasteiger partial charge in [0.05, 0.1) is 0 Å². The van der Waals surface area contributed by atoms with E-state index in [2.05, 4.69) is 47.6 Å². The predicted molar refractivity (Wildman–Crippen MR) is 96.7 cm³/mol. The van der Waals surface area contributed by atoms with Crippen LogP contribution in [0.15, 0.2) is 73.1 Å². The van der Waals surface area contributed by atoms with Gasteiger partial charge < -0.3 is 10.1 Å². The van der Waals surface area contributed by atoms with Gasteiger partial charge in [0.2, 0.25) is 0 Å². The molecule has 0 aliphatic rings. The first-order chi connectivity index (χ1) is 11.8. The molecule has 0 bridgehead atoms. The molecule has 0 spiro atoms. The monoisotopic (exact) mass is 318 g/mol. The number of ether oxygens (including phenoxy) is 1. The highest BCUT2D eigenvalue weighted by Gasteiger charge is 2.00. The second-order valence-corrected chi connectivity index (χ2v) is 5.82. The molecular weight excluding hydrogens is 296 g/mol. The second-order valence-electron chi connectivity index (χ2n) is 5.82. The number of aryl methyl sites for hydroxylation is 1. The van der Waals surface area contributed by atoms with E-state index < -0.39 is 0 Å². The topological polar surface area (TPSA) is 34.1 Å². The number of hydrogen-bond donors (Lipinski definition) is 1. The molecule has 0 amide bonds. The summed E-state index contributed by atoms with van der Waals surface area (Å²) in [5, 5.41) is 3.42. The van der Waals surface area contributed by atoms with E-state index in [-0.39, 0.29) is 0 Å². The van der Waals surface area contributed by atoms with Gasteiger partial charge in [0.25, 0.3) is 0 Å². The highest BCUT2D eigenvalue weighted by molar-refractivity contribution is 5.29. The van der Waals surface area contributed by atoms with Crippen LogP contribution in [0.2, 0.25) is 0 Å². The number of aromatic nitrogens is 1. The van der Waals surface area contributed by atoms with Crippen molar-refractivity contribution in [2.24, 2.45) is 0 Å². The Kier molecular flexibility index (Phi) is 5.59. The Labute approximate surface area is 143 Å². The first-order valence-electron chi connectivity index (χ1n) is 8.17. The number of nitrogens with zero attached hydrogens (tertiary/aromatic N) is 1. The van der Waals surface area contributed by atoms with Crippen LogP contribution in [0, 0.1) is 6.92 Å². The molecule has 1 N–H and O–H groups in total. The summed E-state index contributed by atoms with van der Waals surface area (Å²) in [6.07, 6.45) is 3.68. The van der Waals surface area contributed by atoms with Crippen LogP contribution in [0.25, 0.3) is 0 Å². The number of rotatable bonds is 7. The van der Waals surface area contributed by atoms with E-state index in [4.69, 9.17) is 4.74 Å². The van der Waals surface area contributed by atoms with Gasteiger partial charge in [0.1, 0.15) is 12.4 Å². The third-order valence-electron chi connectivity index (χ3n) is 3.96. The fraction of sp³-hybridized carbons (Fsp3) is 0.190. The number of nitrogens with one attached hydrogen (secondary N) is 1. The Morgan fingerprint density at radius 1 is 0.875 bits per heavy atom. The van der Waals surface area contributed by atoms with Crippen LogP contribution >= 0.6 is 0 Å². The average Bonchev–Trinajstić information content (AvgIpc) is 2.63. The highest BCUT2D eigenvalue weighted by Crippen LogP contribution is 2.16. The normalized spacial score (nSPS) is 10.5. The van der Waals surface area contributed by atoms with Crippen LogP contribution in [0.1, 0.15) is 22.3 Å². The Balaban J connectivity index is 1.47. The molecule has 0 saturated carbocycles. The van der Waals surface area contributed by atoms with E-state index in [0.717, 1.165) is 18.8 Å². The van der Waals surface area contributed by atoms with Crippen LogP contribution in [-0.4, -0.2) is 4.98 Å². The molecule has 122 valence electrons. The standard InChI is InChI=1S/C21H22N2O/c1-17-5-2-3-7-20(17)16-24-21-10-8-18(9-11-21)13-23-15-19-6-4-12-22-14-19/h2-12,14,23H,13,15-16H2,1H3.